The lowest BCUT2D eigenvalue weighted by Gasteiger charge is -2.38. The SMILES string of the molecule is FC(F)(F)C1(CNCc2cccc(-c3nn[nH]n3)c2)CCOCC1. The first-order valence-electron chi connectivity index (χ1n) is 7.68. The third kappa shape index (κ3) is 3.57. The van der Waals surface area contributed by atoms with Crippen molar-refractivity contribution in [1.82, 2.24) is 25.9 Å². The first-order valence-corrected chi connectivity index (χ1v) is 7.68. The minimum absolute atomic E-state index is 0.00754. The molecule has 1 aromatic carbocycles. The molecule has 3 rings (SSSR count). The van der Waals surface area contributed by atoms with E-state index in [1.807, 2.05) is 24.3 Å². The van der Waals surface area contributed by atoms with Gasteiger partial charge in [-0.15, -0.1) is 10.2 Å². The highest BCUT2D eigenvalue weighted by molar-refractivity contribution is 5.54. The van der Waals surface area contributed by atoms with Crippen LogP contribution >= 0.6 is 0 Å². The maximum atomic E-state index is 13.4. The number of nitrogens with one attached hydrogen (secondary N) is 2. The molecule has 9 heteroatoms. The molecule has 2 N–H and O–H groups in total. The Balaban J connectivity index is 1.64. The number of hydrogen-bond donors (Lipinski definition) is 2. The smallest absolute Gasteiger partial charge is 0.381 e. The minimum Gasteiger partial charge on any atom is -0.381 e. The fourth-order valence-corrected chi connectivity index (χ4v) is 2.87. The number of hydrogen-bond acceptors (Lipinski definition) is 5. The van der Waals surface area contributed by atoms with Crippen molar-refractivity contribution in [2.75, 3.05) is 19.8 Å². The van der Waals surface area contributed by atoms with Gasteiger partial charge in [0.05, 0.1) is 5.41 Å². The highest BCUT2D eigenvalue weighted by Crippen LogP contribution is 2.45. The summed E-state index contributed by atoms with van der Waals surface area (Å²) in [6.07, 6.45) is -4.25. The number of halogens is 3. The van der Waals surface area contributed by atoms with Gasteiger partial charge in [0, 0.05) is 31.9 Å². The van der Waals surface area contributed by atoms with Gasteiger partial charge in [0.2, 0.25) is 5.82 Å². The van der Waals surface area contributed by atoms with Crippen LogP contribution < -0.4 is 5.32 Å². The van der Waals surface area contributed by atoms with Crippen LogP contribution in [0.1, 0.15) is 18.4 Å². The number of aromatic nitrogens is 4. The molecule has 0 aliphatic carbocycles. The van der Waals surface area contributed by atoms with E-state index in [0.717, 1.165) is 11.1 Å². The number of aromatic amines is 1. The molecule has 0 amide bonds. The molecule has 2 heterocycles. The van der Waals surface area contributed by atoms with Gasteiger partial charge in [0.15, 0.2) is 0 Å². The van der Waals surface area contributed by atoms with Crippen molar-refractivity contribution in [3.05, 3.63) is 29.8 Å². The van der Waals surface area contributed by atoms with Crippen LogP contribution in [0, 0.1) is 5.41 Å². The first kappa shape index (κ1) is 16.8. The molecule has 1 aliphatic heterocycles. The molecule has 0 spiro atoms. The van der Waals surface area contributed by atoms with E-state index in [1.165, 1.54) is 0 Å². The van der Waals surface area contributed by atoms with Gasteiger partial charge in [-0.05, 0) is 29.7 Å². The molecule has 0 bridgehead atoms. The Morgan fingerprint density at radius 2 is 2.04 bits per heavy atom. The molecule has 2 aromatic rings. The third-order valence-corrected chi connectivity index (χ3v) is 4.37. The number of tetrazole rings is 1. The van der Waals surface area contributed by atoms with Crippen LogP contribution in [0.5, 0.6) is 0 Å². The van der Waals surface area contributed by atoms with Crippen LogP contribution in [0.15, 0.2) is 24.3 Å². The second kappa shape index (κ2) is 6.86. The third-order valence-electron chi connectivity index (χ3n) is 4.37. The highest BCUT2D eigenvalue weighted by atomic mass is 19.4. The predicted octanol–water partition coefficient (Wildman–Crippen LogP) is 2.32. The van der Waals surface area contributed by atoms with Crippen LogP contribution in [0.3, 0.4) is 0 Å². The van der Waals surface area contributed by atoms with Gasteiger partial charge >= 0.3 is 6.18 Å². The van der Waals surface area contributed by atoms with Gasteiger partial charge in [-0.3, -0.25) is 0 Å². The summed E-state index contributed by atoms with van der Waals surface area (Å²) in [6.45, 7) is 0.514. The molecular formula is C15H18F3N5O. The summed E-state index contributed by atoms with van der Waals surface area (Å²) < 4.78 is 45.4. The predicted molar refractivity (Wildman–Crippen MR) is 79.9 cm³/mol. The van der Waals surface area contributed by atoms with Gasteiger partial charge in [-0.25, -0.2) is 0 Å². The van der Waals surface area contributed by atoms with Gasteiger partial charge in [0.1, 0.15) is 0 Å². The van der Waals surface area contributed by atoms with Crippen LogP contribution in [-0.4, -0.2) is 46.6 Å². The molecule has 0 unspecified atom stereocenters. The van der Waals surface area contributed by atoms with E-state index in [4.69, 9.17) is 4.74 Å². The van der Waals surface area contributed by atoms with E-state index in [1.54, 1.807) is 0 Å². The molecule has 24 heavy (non-hydrogen) atoms. The van der Waals surface area contributed by atoms with Crippen LogP contribution in [0.4, 0.5) is 13.2 Å². The number of H-pyrrole nitrogens is 1. The first-order chi connectivity index (χ1) is 11.5. The molecule has 1 saturated heterocycles. The molecule has 0 radical (unpaired) electrons. The second-order valence-corrected chi connectivity index (χ2v) is 5.93. The standard InChI is InChI=1S/C15H18F3N5O/c16-15(17,18)14(4-6-24-7-5-14)10-19-9-11-2-1-3-12(8-11)13-20-22-23-21-13/h1-3,8,19H,4-7,9-10H2,(H,20,21,22,23). The van der Waals surface area contributed by atoms with Crippen molar-refractivity contribution in [2.24, 2.45) is 5.41 Å². The Morgan fingerprint density at radius 1 is 1.25 bits per heavy atom. The number of rotatable bonds is 5. The Bertz CT molecular complexity index is 653. The zero-order valence-electron chi connectivity index (χ0n) is 12.9. The number of benzene rings is 1. The lowest BCUT2D eigenvalue weighted by Crippen LogP contribution is -2.49. The Morgan fingerprint density at radius 3 is 2.71 bits per heavy atom. The largest absolute Gasteiger partial charge is 0.395 e. The fraction of sp³-hybridized carbons (Fsp3) is 0.533. The number of nitrogens with zero attached hydrogens (tertiary/aromatic N) is 3. The van der Waals surface area contributed by atoms with E-state index >= 15 is 0 Å². The van der Waals surface area contributed by atoms with E-state index in [0.29, 0.717) is 12.4 Å². The summed E-state index contributed by atoms with van der Waals surface area (Å²) in [5.41, 5.74) is -0.0855. The lowest BCUT2D eigenvalue weighted by atomic mass is 9.79. The number of alkyl halides is 3. The molecular weight excluding hydrogens is 323 g/mol. The molecule has 1 fully saturated rings. The average molecular weight is 341 g/mol. The van der Waals surface area contributed by atoms with Crippen molar-refractivity contribution in [1.29, 1.82) is 0 Å². The Labute approximate surface area is 136 Å². The summed E-state index contributed by atoms with van der Waals surface area (Å²) in [4.78, 5) is 0. The van der Waals surface area contributed by atoms with Gasteiger partial charge in [0.25, 0.3) is 0 Å². The van der Waals surface area contributed by atoms with Crippen molar-refractivity contribution in [3.8, 4) is 11.4 Å². The van der Waals surface area contributed by atoms with E-state index in [9.17, 15) is 13.2 Å². The van der Waals surface area contributed by atoms with E-state index in [2.05, 4.69) is 25.9 Å². The second-order valence-electron chi connectivity index (χ2n) is 5.93. The molecule has 1 aliphatic rings. The van der Waals surface area contributed by atoms with E-state index < -0.39 is 11.6 Å². The topological polar surface area (TPSA) is 75.7 Å². The monoisotopic (exact) mass is 341 g/mol. The van der Waals surface area contributed by atoms with Crippen molar-refractivity contribution in [3.63, 3.8) is 0 Å². The molecule has 0 saturated carbocycles. The molecule has 1 aromatic heterocycles. The highest BCUT2D eigenvalue weighted by Gasteiger charge is 2.54. The van der Waals surface area contributed by atoms with Crippen molar-refractivity contribution < 1.29 is 17.9 Å². The number of ether oxygens (including phenoxy) is 1. The summed E-state index contributed by atoms with van der Waals surface area (Å²) in [6, 6.07) is 7.32. The molecule has 6 nitrogen and oxygen atoms in total. The van der Waals surface area contributed by atoms with Crippen molar-refractivity contribution >= 4 is 0 Å². The Kier molecular flexibility index (Phi) is 4.81. The zero-order valence-corrected chi connectivity index (χ0v) is 12.9. The molecule has 130 valence electrons. The van der Waals surface area contributed by atoms with Crippen LogP contribution in [-0.2, 0) is 11.3 Å². The minimum atomic E-state index is -4.24. The van der Waals surface area contributed by atoms with Gasteiger partial charge in [-0.2, -0.15) is 18.4 Å². The summed E-state index contributed by atoms with van der Waals surface area (Å²) >= 11 is 0. The van der Waals surface area contributed by atoms with Crippen LogP contribution in [0.2, 0.25) is 0 Å². The molecule has 0 atom stereocenters. The van der Waals surface area contributed by atoms with Gasteiger partial charge < -0.3 is 10.1 Å². The quantitative estimate of drug-likeness (QED) is 0.873. The van der Waals surface area contributed by atoms with Gasteiger partial charge in [-0.1, -0.05) is 18.2 Å². The zero-order chi connectivity index (χ0) is 17.0. The Hall–Kier alpha value is -2.00. The maximum absolute atomic E-state index is 13.4. The average Bonchev–Trinajstić information content (AvgIpc) is 3.10. The lowest BCUT2D eigenvalue weighted by molar-refractivity contribution is -0.244. The summed E-state index contributed by atoms with van der Waals surface area (Å²) in [5, 5.41) is 16.6. The van der Waals surface area contributed by atoms with E-state index in [-0.39, 0.29) is 32.6 Å². The fourth-order valence-electron chi connectivity index (χ4n) is 2.87. The summed E-state index contributed by atoms with van der Waals surface area (Å²) in [5.74, 6) is 0.452. The summed E-state index contributed by atoms with van der Waals surface area (Å²) in [7, 11) is 0. The van der Waals surface area contributed by atoms with Crippen LogP contribution in [0.25, 0.3) is 11.4 Å². The maximum Gasteiger partial charge on any atom is 0.395 e. The van der Waals surface area contributed by atoms with Crippen molar-refractivity contribution in [2.45, 2.75) is 25.6 Å². The normalized spacial score (nSPS) is 17.8.